The summed E-state index contributed by atoms with van der Waals surface area (Å²) in [6, 6.07) is 6.44. The lowest BCUT2D eigenvalue weighted by atomic mass is 9.97. The van der Waals surface area contributed by atoms with Crippen LogP contribution in [0.1, 0.15) is 12.6 Å². The standard InChI is InChI=1S/C25H28F3N4O2/c1-5-31(3)24(33)17-11-12-23(34-4)21(14-17)30-13-7-8-18-15-19-20(29-2)9-6-10-22(19)32(18)16-25(26,27)28/h6,9-12,14-15,21,29-30H,5,13,16H2,1-4H3. The molecule has 0 aliphatic heterocycles. The molecule has 3 rings (SSSR count). The fourth-order valence-electron chi connectivity index (χ4n) is 3.71. The average Bonchev–Trinajstić information content (AvgIpc) is 3.16. The number of carbonyl (C=O) groups is 1. The van der Waals surface area contributed by atoms with Crippen LogP contribution in [0.15, 0.2) is 47.7 Å². The number of alkyl halides is 3. The Morgan fingerprint density at radius 2 is 2.06 bits per heavy atom. The molecule has 1 aromatic carbocycles. The van der Waals surface area contributed by atoms with E-state index in [0.717, 1.165) is 5.69 Å². The highest BCUT2D eigenvalue weighted by molar-refractivity contribution is 5.96. The van der Waals surface area contributed by atoms with Crippen LogP contribution in [0.3, 0.4) is 0 Å². The van der Waals surface area contributed by atoms with Gasteiger partial charge in [-0.05, 0) is 43.2 Å². The van der Waals surface area contributed by atoms with E-state index in [2.05, 4.69) is 22.5 Å². The van der Waals surface area contributed by atoms with Crippen molar-refractivity contribution in [2.45, 2.75) is 25.7 Å². The van der Waals surface area contributed by atoms with Crippen LogP contribution in [0.4, 0.5) is 18.9 Å². The van der Waals surface area contributed by atoms with Crippen LogP contribution in [-0.2, 0) is 16.1 Å². The predicted molar refractivity (Wildman–Crippen MR) is 127 cm³/mol. The number of hydrogen-bond donors (Lipinski definition) is 2. The van der Waals surface area contributed by atoms with Crippen molar-refractivity contribution in [1.82, 2.24) is 14.8 Å². The van der Waals surface area contributed by atoms with E-state index in [-0.39, 0.29) is 24.2 Å². The van der Waals surface area contributed by atoms with Crippen molar-refractivity contribution in [2.24, 2.45) is 0 Å². The molecule has 0 saturated carbocycles. The van der Waals surface area contributed by atoms with E-state index in [4.69, 9.17) is 4.74 Å². The summed E-state index contributed by atoms with van der Waals surface area (Å²) in [4.78, 5) is 14.1. The molecular weight excluding hydrogens is 445 g/mol. The van der Waals surface area contributed by atoms with E-state index in [1.54, 1.807) is 61.8 Å². The summed E-state index contributed by atoms with van der Waals surface area (Å²) in [6.45, 7) is 1.52. The Bertz CT molecular complexity index is 1170. The largest absolute Gasteiger partial charge is 0.499 e. The molecule has 1 radical (unpaired) electrons. The molecule has 0 fully saturated rings. The van der Waals surface area contributed by atoms with Crippen molar-refractivity contribution in [3.63, 3.8) is 0 Å². The SMILES string of the molecule is CCN(C)C(=O)C1=CC=C(OC)C(NCC#Cc2cc3c(NC)cccc3n2CC(F)(F)F)[CH]1. The topological polar surface area (TPSA) is 58.5 Å². The zero-order valence-electron chi connectivity index (χ0n) is 19.6. The van der Waals surface area contributed by atoms with Gasteiger partial charge in [-0.2, -0.15) is 13.2 Å². The normalized spacial score (nSPS) is 15.8. The van der Waals surface area contributed by atoms with E-state index in [0.29, 0.717) is 28.8 Å². The van der Waals surface area contributed by atoms with Crippen LogP contribution in [-0.4, -0.2) is 61.9 Å². The second-order valence-electron chi connectivity index (χ2n) is 7.76. The number of hydrogen-bond acceptors (Lipinski definition) is 4. The monoisotopic (exact) mass is 473 g/mol. The number of nitrogens with one attached hydrogen (secondary N) is 2. The summed E-state index contributed by atoms with van der Waals surface area (Å²) in [5.41, 5.74) is 1.99. The minimum absolute atomic E-state index is 0.108. The number of allylic oxidation sites excluding steroid dienone is 2. The highest BCUT2D eigenvalue weighted by Crippen LogP contribution is 2.29. The van der Waals surface area contributed by atoms with Crippen molar-refractivity contribution in [3.8, 4) is 11.8 Å². The third kappa shape index (κ3) is 5.75. The Balaban J connectivity index is 1.80. The molecule has 0 bridgehead atoms. The molecule has 1 unspecified atom stereocenters. The van der Waals surface area contributed by atoms with Gasteiger partial charge < -0.3 is 19.5 Å². The van der Waals surface area contributed by atoms with Crippen molar-refractivity contribution in [3.05, 3.63) is 59.9 Å². The molecule has 2 aromatic rings. The van der Waals surface area contributed by atoms with Crippen LogP contribution < -0.4 is 10.6 Å². The van der Waals surface area contributed by atoms with Gasteiger partial charge in [-0.3, -0.25) is 10.1 Å². The van der Waals surface area contributed by atoms with Gasteiger partial charge in [0.05, 0.1) is 30.9 Å². The second-order valence-corrected chi connectivity index (χ2v) is 7.76. The van der Waals surface area contributed by atoms with E-state index in [1.807, 2.05) is 6.92 Å². The first kappa shape index (κ1) is 25.2. The molecule has 9 heteroatoms. The van der Waals surface area contributed by atoms with Crippen LogP contribution >= 0.6 is 0 Å². The summed E-state index contributed by atoms with van der Waals surface area (Å²) in [6.07, 6.45) is 0.801. The number of likely N-dealkylation sites (N-methyl/N-ethyl adjacent to an activating group) is 1. The Labute approximate surface area is 197 Å². The van der Waals surface area contributed by atoms with Gasteiger partial charge in [0.2, 0.25) is 5.91 Å². The quantitative estimate of drug-likeness (QED) is 0.602. The minimum Gasteiger partial charge on any atom is -0.499 e. The third-order valence-electron chi connectivity index (χ3n) is 5.56. The first-order chi connectivity index (χ1) is 16.2. The van der Waals surface area contributed by atoms with Crippen LogP contribution in [0.5, 0.6) is 0 Å². The fourth-order valence-corrected chi connectivity index (χ4v) is 3.71. The van der Waals surface area contributed by atoms with Crippen LogP contribution in [0.25, 0.3) is 10.9 Å². The summed E-state index contributed by atoms with van der Waals surface area (Å²) < 4.78 is 46.3. The first-order valence-corrected chi connectivity index (χ1v) is 10.8. The third-order valence-corrected chi connectivity index (χ3v) is 5.56. The molecule has 1 aromatic heterocycles. The Hall–Kier alpha value is -3.38. The number of nitrogens with zero attached hydrogens (tertiary/aromatic N) is 2. The number of aromatic nitrogens is 1. The van der Waals surface area contributed by atoms with Gasteiger partial charge in [-0.1, -0.05) is 12.0 Å². The van der Waals surface area contributed by atoms with Crippen LogP contribution in [0, 0.1) is 18.3 Å². The Morgan fingerprint density at radius 3 is 2.71 bits per heavy atom. The van der Waals surface area contributed by atoms with E-state index in [1.165, 1.54) is 11.7 Å². The Morgan fingerprint density at radius 1 is 1.29 bits per heavy atom. The number of anilines is 1. The molecule has 1 amide bonds. The van der Waals surface area contributed by atoms with Gasteiger partial charge in [0.1, 0.15) is 12.3 Å². The molecule has 1 aliphatic carbocycles. The Kier molecular flexibility index (Phi) is 7.94. The molecule has 0 saturated heterocycles. The summed E-state index contributed by atoms with van der Waals surface area (Å²) >= 11 is 0. The number of carbonyl (C=O) groups excluding carboxylic acids is 1. The van der Waals surface area contributed by atoms with Gasteiger partial charge in [-0.15, -0.1) is 0 Å². The summed E-state index contributed by atoms with van der Waals surface area (Å²) in [5, 5.41) is 6.86. The molecule has 2 N–H and O–H groups in total. The lowest BCUT2D eigenvalue weighted by Gasteiger charge is -2.25. The number of halogens is 3. The molecule has 0 spiro atoms. The number of amides is 1. The van der Waals surface area contributed by atoms with E-state index < -0.39 is 12.7 Å². The molecule has 6 nitrogen and oxygen atoms in total. The van der Waals surface area contributed by atoms with Gasteiger partial charge in [-0.25, -0.2) is 0 Å². The van der Waals surface area contributed by atoms with Gasteiger partial charge in [0.25, 0.3) is 0 Å². The maximum absolute atomic E-state index is 13.2. The highest BCUT2D eigenvalue weighted by Gasteiger charge is 2.30. The smallest absolute Gasteiger partial charge is 0.406 e. The lowest BCUT2D eigenvalue weighted by molar-refractivity contribution is -0.140. The van der Waals surface area contributed by atoms with Crippen molar-refractivity contribution in [1.29, 1.82) is 0 Å². The number of benzene rings is 1. The number of methoxy groups -OCH3 is 1. The molecular formula is C25H28F3N4O2. The molecule has 1 atom stereocenters. The number of rotatable bonds is 7. The lowest BCUT2D eigenvalue weighted by Crippen LogP contribution is -2.37. The van der Waals surface area contributed by atoms with Gasteiger partial charge >= 0.3 is 6.18 Å². The predicted octanol–water partition coefficient (Wildman–Crippen LogP) is 3.71. The van der Waals surface area contributed by atoms with Gasteiger partial charge in [0, 0.05) is 43.7 Å². The summed E-state index contributed by atoms with van der Waals surface area (Å²) in [7, 11) is 4.98. The van der Waals surface area contributed by atoms with Crippen molar-refractivity contribution >= 4 is 22.5 Å². The number of fused-ring (bicyclic) bond motifs is 1. The van der Waals surface area contributed by atoms with Gasteiger partial charge in [0.15, 0.2) is 0 Å². The highest BCUT2D eigenvalue weighted by atomic mass is 19.4. The molecule has 1 heterocycles. The molecule has 1 aliphatic rings. The van der Waals surface area contributed by atoms with Crippen LogP contribution in [0.2, 0.25) is 0 Å². The van der Waals surface area contributed by atoms with Crippen molar-refractivity contribution < 1.29 is 22.7 Å². The molecule has 181 valence electrons. The number of ether oxygens (including phenoxy) is 1. The van der Waals surface area contributed by atoms with Crippen molar-refractivity contribution in [2.75, 3.05) is 39.6 Å². The summed E-state index contributed by atoms with van der Waals surface area (Å²) in [5.74, 6) is 6.28. The molecule has 34 heavy (non-hydrogen) atoms. The zero-order valence-corrected chi connectivity index (χ0v) is 19.6. The maximum atomic E-state index is 13.2. The average molecular weight is 474 g/mol. The fraction of sp³-hybridized carbons (Fsp3) is 0.360. The first-order valence-electron chi connectivity index (χ1n) is 10.8. The van der Waals surface area contributed by atoms with E-state index >= 15 is 0 Å². The zero-order chi connectivity index (χ0) is 24.9. The van der Waals surface area contributed by atoms with E-state index in [9.17, 15) is 18.0 Å². The maximum Gasteiger partial charge on any atom is 0.406 e. The second kappa shape index (κ2) is 10.7. The minimum atomic E-state index is -4.38.